The Morgan fingerprint density at radius 3 is 2.26 bits per heavy atom. The van der Waals surface area contributed by atoms with Crippen LogP contribution in [-0.4, -0.2) is 37.1 Å². The third kappa shape index (κ3) is 5.79. The fourth-order valence-corrected chi connectivity index (χ4v) is 3.81. The molecule has 1 saturated heterocycles. The van der Waals surface area contributed by atoms with Gasteiger partial charge in [-0.1, -0.05) is 0 Å². The van der Waals surface area contributed by atoms with Crippen molar-refractivity contribution in [2.24, 2.45) is 17.8 Å². The van der Waals surface area contributed by atoms with Crippen molar-refractivity contribution in [1.82, 2.24) is 10.6 Å². The Morgan fingerprint density at radius 2 is 1.61 bits per heavy atom. The summed E-state index contributed by atoms with van der Waals surface area (Å²) in [5.74, 6) is 1.18. The van der Waals surface area contributed by atoms with Gasteiger partial charge < -0.3 is 15.4 Å². The van der Waals surface area contributed by atoms with Gasteiger partial charge in [0.2, 0.25) is 11.8 Å². The number of hydrogen-bond donors (Lipinski definition) is 2. The molecule has 1 aliphatic carbocycles. The predicted octanol–water partition coefficient (Wildman–Crippen LogP) is 2.25. The van der Waals surface area contributed by atoms with Crippen LogP contribution in [0.1, 0.15) is 59.3 Å². The van der Waals surface area contributed by atoms with Gasteiger partial charge in [0.15, 0.2) is 0 Å². The molecule has 0 bridgehead atoms. The van der Waals surface area contributed by atoms with E-state index in [1.54, 1.807) is 0 Å². The van der Waals surface area contributed by atoms with Gasteiger partial charge in [-0.25, -0.2) is 0 Å². The zero-order valence-corrected chi connectivity index (χ0v) is 14.8. The van der Waals surface area contributed by atoms with Gasteiger partial charge in [-0.05, 0) is 65.2 Å². The van der Waals surface area contributed by atoms with Gasteiger partial charge in [0.25, 0.3) is 0 Å². The van der Waals surface area contributed by atoms with Crippen molar-refractivity contribution >= 4 is 11.8 Å². The zero-order valence-electron chi connectivity index (χ0n) is 14.8. The quantitative estimate of drug-likeness (QED) is 0.787. The lowest BCUT2D eigenvalue weighted by atomic mass is 9.95. The lowest BCUT2D eigenvalue weighted by Crippen LogP contribution is -2.40. The van der Waals surface area contributed by atoms with E-state index in [-0.39, 0.29) is 35.7 Å². The highest BCUT2D eigenvalue weighted by atomic mass is 16.5. The van der Waals surface area contributed by atoms with Crippen LogP contribution in [0.15, 0.2) is 0 Å². The molecule has 0 radical (unpaired) electrons. The van der Waals surface area contributed by atoms with Crippen LogP contribution < -0.4 is 10.6 Å². The summed E-state index contributed by atoms with van der Waals surface area (Å²) < 4.78 is 5.31. The number of hydrogen-bond acceptors (Lipinski definition) is 3. The zero-order chi connectivity index (χ0) is 16.8. The fourth-order valence-electron chi connectivity index (χ4n) is 3.81. The summed E-state index contributed by atoms with van der Waals surface area (Å²) in [5.41, 5.74) is 0. The van der Waals surface area contributed by atoms with Gasteiger partial charge in [0.1, 0.15) is 0 Å². The Bertz CT molecular complexity index is 405. The summed E-state index contributed by atoms with van der Waals surface area (Å²) >= 11 is 0. The molecule has 1 heterocycles. The van der Waals surface area contributed by atoms with Crippen LogP contribution in [0.3, 0.4) is 0 Å². The number of nitrogens with one attached hydrogen (secondary N) is 2. The molecule has 2 aliphatic rings. The molecular formula is C18H32N2O3. The van der Waals surface area contributed by atoms with Crippen molar-refractivity contribution in [3.8, 4) is 0 Å². The van der Waals surface area contributed by atoms with Gasteiger partial charge in [0, 0.05) is 37.1 Å². The first-order chi connectivity index (χ1) is 11.0. The summed E-state index contributed by atoms with van der Waals surface area (Å²) in [6, 6.07) is 0.390. The van der Waals surface area contributed by atoms with Crippen LogP contribution in [0.2, 0.25) is 0 Å². The third-order valence-electron chi connectivity index (χ3n) is 5.01. The summed E-state index contributed by atoms with van der Waals surface area (Å²) in [5, 5.41) is 6.17. The SMILES string of the molecule is CC(C)NC(=O)C1CCC(CC(C)NC(=O)C2CCOCC2)C1. The molecule has 1 aliphatic heterocycles. The van der Waals surface area contributed by atoms with E-state index in [1.807, 2.05) is 13.8 Å². The van der Waals surface area contributed by atoms with Crippen LogP contribution in [0.4, 0.5) is 0 Å². The van der Waals surface area contributed by atoms with Crippen molar-refractivity contribution in [3.63, 3.8) is 0 Å². The fraction of sp³-hybridized carbons (Fsp3) is 0.889. The molecular weight excluding hydrogens is 292 g/mol. The van der Waals surface area contributed by atoms with Crippen molar-refractivity contribution in [2.75, 3.05) is 13.2 Å². The van der Waals surface area contributed by atoms with E-state index in [4.69, 9.17) is 4.74 Å². The van der Waals surface area contributed by atoms with Crippen molar-refractivity contribution in [1.29, 1.82) is 0 Å². The number of amides is 2. The van der Waals surface area contributed by atoms with Gasteiger partial charge in [-0.2, -0.15) is 0 Å². The molecule has 23 heavy (non-hydrogen) atoms. The molecule has 2 amide bonds. The first kappa shape index (κ1) is 18.2. The maximum atomic E-state index is 12.2. The molecule has 2 rings (SSSR count). The molecule has 132 valence electrons. The maximum Gasteiger partial charge on any atom is 0.223 e. The molecule has 0 aromatic rings. The van der Waals surface area contributed by atoms with E-state index in [1.165, 1.54) is 0 Å². The minimum Gasteiger partial charge on any atom is -0.381 e. The van der Waals surface area contributed by atoms with Crippen LogP contribution in [0.5, 0.6) is 0 Å². The van der Waals surface area contributed by atoms with Gasteiger partial charge in [-0.15, -0.1) is 0 Å². The second kappa shape index (κ2) is 8.67. The maximum absolute atomic E-state index is 12.2. The van der Waals surface area contributed by atoms with Gasteiger partial charge in [0.05, 0.1) is 0 Å². The van der Waals surface area contributed by atoms with Crippen LogP contribution in [0, 0.1) is 17.8 Å². The second-order valence-corrected chi connectivity index (χ2v) is 7.57. The molecule has 0 aromatic carbocycles. The Hall–Kier alpha value is -1.10. The van der Waals surface area contributed by atoms with E-state index in [0.717, 1.165) is 38.5 Å². The monoisotopic (exact) mass is 324 g/mol. The number of rotatable bonds is 6. The predicted molar refractivity (Wildman–Crippen MR) is 89.9 cm³/mol. The molecule has 0 spiro atoms. The molecule has 5 nitrogen and oxygen atoms in total. The summed E-state index contributed by atoms with van der Waals surface area (Å²) in [6.45, 7) is 7.47. The summed E-state index contributed by atoms with van der Waals surface area (Å²) in [6.07, 6.45) is 5.66. The van der Waals surface area contributed by atoms with Gasteiger partial charge >= 0.3 is 0 Å². The Balaban J connectivity index is 1.70. The first-order valence-corrected chi connectivity index (χ1v) is 9.14. The lowest BCUT2D eigenvalue weighted by molar-refractivity contribution is -0.128. The standard InChI is InChI=1S/C18H32N2O3/c1-12(2)19-18(22)16-5-4-14(11-16)10-13(3)20-17(21)15-6-8-23-9-7-15/h12-16H,4-11H2,1-3H3,(H,19,22)(H,20,21). The van der Waals surface area contributed by atoms with E-state index in [9.17, 15) is 9.59 Å². The average Bonchev–Trinajstić information content (AvgIpc) is 2.96. The van der Waals surface area contributed by atoms with Crippen molar-refractivity contribution < 1.29 is 14.3 Å². The number of carbonyl (C=O) groups is 2. The van der Waals surface area contributed by atoms with Crippen molar-refractivity contribution in [2.45, 2.75) is 71.4 Å². The van der Waals surface area contributed by atoms with Gasteiger partial charge in [-0.3, -0.25) is 9.59 Å². The van der Waals surface area contributed by atoms with E-state index >= 15 is 0 Å². The minimum absolute atomic E-state index is 0.111. The van der Waals surface area contributed by atoms with Crippen molar-refractivity contribution in [3.05, 3.63) is 0 Å². The lowest BCUT2D eigenvalue weighted by Gasteiger charge is -2.24. The first-order valence-electron chi connectivity index (χ1n) is 9.14. The van der Waals surface area contributed by atoms with Crippen LogP contribution in [-0.2, 0) is 14.3 Å². The smallest absolute Gasteiger partial charge is 0.223 e. The highest BCUT2D eigenvalue weighted by Gasteiger charge is 2.31. The molecule has 2 fully saturated rings. The Kier molecular flexibility index (Phi) is 6.88. The van der Waals surface area contributed by atoms with Crippen LogP contribution in [0.25, 0.3) is 0 Å². The normalized spacial score (nSPS) is 27.0. The third-order valence-corrected chi connectivity index (χ3v) is 5.01. The minimum atomic E-state index is 0.111. The topological polar surface area (TPSA) is 67.4 Å². The van der Waals surface area contributed by atoms with E-state index in [0.29, 0.717) is 19.1 Å². The summed E-state index contributed by atoms with van der Waals surface area (Å²) in [7, 11) is 0. The highest BCUT2D eigenvalue weighted by molar-refractivity contribution is 5.79. The molecule has 5 heteroatoms. The number of ether oxygens (including phenoxy) is 1. The second-order valence-electron chi connectivity index (χ2n) is 7.57. The number of carbonyl (C=O) groups excluding carboxylic acids is 2. The largest absolute Gasteiger partial charge is 0.381 e. The van der Waals surface area contributed by atoms with E-state index < -0.39 is 0 Å². The van der Waals surface area contributed by atoms with E-state index in [2.05, 4.69) is 17.6 Å². The molecule has 0 aromatic heterocycles. The highest BCUT2D eigenvalue weighted by Crippen LogP contribution is 2.34. The molecule has 2 N–H and O–H groups in total. The molecule has 1 saturated carbocycles. The Morgan fingerprint density at radius 1 is 0.957 bits per heavy atom. The average molecular weight is 324 g/mol. The molecule has 3 unspecified atom stereocenters. The van der Waals surface area contributed by atoms with Crippen LogP contribution >= 0.6 is 0 Å². The summed E-state index contributed by atoms with van der Waals surface area (Å²) in [4.78, 5) is 24.3. The molecule has 3 atom stereocenters. The Labute approximate surface area is 139 Å².